The minimum atomic E-state index is -1.03. The van der Waals surface area contributed by atoms with Gasteiger partial charge in [0.05, 0.1) is 0 Å². The standard InChI is InChI=1S/C8H17NO2/c1-3-4-5-6-8(2,9)7(10)11/h3-6,9H2,1-2H3,(H,10,11)/t8-/m1/s1. The lowest BCUT2D eigenvalue weighted by atomic mass is 9.96. The van der Waals surface area contributed by atoms with E-state index >= 15 is 0 Å². The molecular weight excluding hydrogens is 142 g/mol. The maximum atomic E-state index is 10.5. The number of hydrogen-bond acceptors (Lipinski definition) is 2. The highest BCUT2D eigenvalue weighted by Crippen LogP contribution is 2.11. The fourth-order valence-electron chi connectivity index (χ4n) is 0.849. The average Bonchev–Trinajstić information content (AvgIpc) is 1.88. The molecule has 3 N–H and O–H groups in total. The summed E-state index contributed by atoms with van der Waals surface area (Å²) in [4.78, 5) is 10.5. The number of unbranched alkanes of at least 4 members (excludes halogenated alkanes) is 2. The summed E-state index contributed by atoms with van der Waals surface area (Å²) < 4.78 is 0. The van der Waals surface area contributed by atoms with Gasteiger partial charge < -0.3 is 10.8 Å². The van der Waals surface area contributed by atoms with Crippen molar-refractivity contribution in [1.82, 2.24) is 0 Å². The smallest absolute Gasteiger partial charge is 0.323 e. The molecule has 0 bridgehead atoms. The molecule has 0 saturated heterocycles. The van der Waals surface area contributed by atoms with Gasteiger partial charge in [-0.2, -0.15) is 0 Å². The van der Waals surface area contributed by atoms with E-state index < -0.39 is 11.5 Å². The Labute approximate surface area is 67.6 Å². The lowest BCUT2D eigenvalue weighted by Crippen LogP contribution is -2.44. The molecular formula is C8H17NO2. The Bertz CT molecular complexity index is 132. The van der Waals surface area contributed by atoms with Crippen LogP contribution in [0.15, 0.2) is 0 Å². The second-order valence-electron chi connectivity index (χ2n) is 3.18. The van der Waals surface area contributed by atoms with Gasteiger partial charge in [-0.15, -0.1) is 0 Å². The largest absolute Gasteiger partial charge is 0.480 e. The zero-order valence-electron chi connectivity index (χ0n) is 7.26. The third kappa shape index (κ3) is 3.98. The Morgan fingerprint density at radius 3 is 2.45 bits per heavy atom. The van der Waals surface area contributed by atoms with Gasteiger partial charge in [-0.3, -0.25) is 4.79 Å². The van der Waals surface area contributed by atoms with Crippen molar-refractivity contribution in [1.29, 1.82) is 0 Å². The van der Waals surface area contributed by atoms with Gasteiger partial charge in [0.2, 0.25) is 0 Å². The molecule has 0 saturated carbocycles. The number of rotatable bonds is 5. The van der Waals surface area contributed by atoms with Crippen LogP contribution >= 0.6 is 0 Å². The van der Waals surface area contributed by atoms with E-state index in [-0.39, 0.29) is 0 Å². The third-order valence-corrected chi connectivity index (χ3v) is 1.79. The Balaban J connectivity index is 3.64. The minimum Gasteiger partial charge on any atom is -0.480 e. The SMILES string of the molecule is CCCCC[C@@](C)(N)C(=O)O. The van der Waals surface area contributed by atoms with E-state index in [1.54, 1.807) is 6.92 Å². The van der Waals surface area contributed by atoms with Gasteiger partial charge in [-0.05, 0) is 13.3 Å². The summed E-state index contributed by atoms with van der Waals surface area (Å²) in [7, 11) is 0. The van der Waals surface area contributed by atoms with Crippen LogP contribution in [0.25, 0.3) is 0 Å². The van der Waals surface area contributed by atoms with Crippen LogP contribution in [0, 0.1) is 0 Å². The number of nitrogens with two attached hydrogens (primary N) is 1. The predicted molar refractivity (Wildman–Crippen MR) is 44.4 cm³/mol. The first-order valence-corrected chi connectivity index (χ1v) is 4.03. The topological polar surface area (TPSA) is 63.3 Å². The zero-order chi connectivity index (χ0) is 8.91. The van der Waals surface area contributed by atoms with Crippen LogP contribution in [0.5, 0.6) is 0 Å². The van der Waals surface area contributed by atoms with E-state index in [0.29, 0.717) is 6.42 Å². The van der Waals surface area contributed by atoms with E-state index in [9.17, 15) is 4.79 Å². The summed E-state index contributed by atoms with van der Waals surface area (Å²) in [5, 5.41) is 8.62. The third-order valence-electron chi connectivity index (χ3n) is 1.79. The summed E-state index contributed by atoms with van der Waals surface area (Å²) in [6, 6.07) is 0. The van der Waals surface area contributed by atoms with E-state index in [0.717, 1.165) is 19.3 Å². The fraction of sp³-hybridized carbons (Fsp3) is 0.875. The molecule has 0 aromatic heterocycles. The summed E-state index contributed by atoms with van der Waals surface area (Å²) >= 11 is 0. The molecule has 0 rings (SSSR count). The molecule has 0 aliphatic carbocycles. The molecule has 3 nitrogen and oxygen atoms in total. The summed E-state index contributed by atoms with van der Waals surface area (Å²) in [6.07, 6.45) is 3.61. The number of carbonyl (C=O) groups is 1. The lowest BCUT2D eigenvalue weighted by Gasteiger charge is -2.18. The van der Waals surface area contributed by atoms with Crippen molar-refractivity contribution in [3.63, 3.8) is 0 Å². The van der Waals surface area contributed by atoms with Crippen molar-refractivity contribution < 1.29 is 9.90 Å². The molecule has 0 aromatic carbocycles. The summed E-state index contributed by atoms with van der Waals surface area (Å²) in [5.74, 6) is -0.909. The van der Waals surface area contributed by atoms with Crippen LogP contribution in [0.3, 0.4) is 0 Å². The normalized spacial score (nSPS) is 15.9. The highest BCUT2D eigenvalue weighted by molar-refractivity contribution is 5.77. The summed E-state index contributed by atoms with van der Waals surface area (Å²) in [6.45, 7) is 3.64. The molecule has 0 aliphatic rings. The van der Waals surface area contributed by atoms with Crippen molar-refractivity contribution in [2.24, 2.45) is 5.73 Å². The molecule has 0 aromatic rings. The van der Waals surface area contributed by atoms with Crippen molar-refractivity contribution in [2.75, 3.05) is 0 Å². The number of carboxylic acids is 1. The van der Waals surface area contributed by atoms with Gasteiger partial charge in [0.25, 0.3) is 0 Å². The van der Waals surface area contributed by atoms with Crippen LogP contribution in [0.4, 0.5) is 0 Å². The van der Waals surface area contributed by atoms with Crippen LogP contribution in [-0.2, 0) is 4.79 Å². The van der Waals surface area contributed by atoms with Gasteiger partial charge in [-0.25, -0.2) is 0 Å². The number of aliphatic carboxylic acids is 1. The zero-order valence-corrected chi connectivity index (χ0v) is 7.26. The fourth-order valence-corrected chi connectivity index (χ4v) is 0.849. The maximum absolute atomic E-state index is 10.5. The Kier molecular flexibility index (Phi) is 4.11. The second kappa shape index (κ2) is 4.34. The molecule has 0 aliphatic heterocycles. The van der Waals surface area contributed by atoms with E-state index in [1.807, 2.05) is 0 Å². The summed E-state index contributed by atoms with van der Waals surface area (Å²) in [5.41, 5.74) is 4.47. The average molecular weight is 159 g/mol. The van der Waals surface area contributed by atoms with Gasteiger partial charge in [0, 0.05) is 0 Å². The molecule has 0 unspecified atom stereocenters. The molecule has 0 amide bonds. The molecule has 66 valence electrons. The van der Waals surface area contributed by atoms with Crippen molar-refractivity contribution >= 4 is 5.97 Å². The molecule has 0 fully saturated rings. The highest BCUT2D eigenvalue weighted by Gasteiger charge is 2.26. The first kappa shape index (κ1) is 10.4. The highest BCUT2D eigenvalue weighted by atomic mass is 16.4. The maximum Gasteiger partial charge on any atom is 0.323 e. The lowest BCUT2D eigenvalue weighted by molar-refractivity contribution is -0.142. The molecule has 0 heterocycles. The van der Waals surface area contributed by atoms with Gasteiger partial charge in [0.1, 0.15) is 5.54 Å². The molecule has 1 atom stereocenters. The van der Waals surface area contributed by atoms with Gasteiger partial charge in [0.15, 0.2) is 0 Å². The van der Waals surface area contributed by atoms with E-state index in [4.69, 9.17) is 10.8 Å². The van der Waals surface area contributed by atoms with Crippen molar-refractivity contribution in [3.05, 3.63) is 0 Å². The Morgan fingerprint density at radius 2 is 2.09 bits per heavy atom. The van der Waals surface area contributed by atoms with Crippen LogP contribution in [0.1, 0.15) is 39.5 Å². The first-order valence-electron chi connectivity index (χ1n) is 4.03. The predicted octanol–water partition coefficient (Wildman–Crippen LogP) is 1.37. The van der Waals surface area contributed by atoms with Crippen LogP contribution in [-0.4, -0.2) is 16.6 Å². The molecule has 11 heavy (non-hydrogen) atoms. The van der Waals surface area contributed by atoms with E-state index in [1.165, 1.54) is 0 Å². The monoisotopic (exact) mass is 159 g/mol. The Hall–Kier alpha value is -0.570. The number of hydrogen-bond donors (Lipinski definition) is 2. The van der Waals surface area contributed by atoms with Gasteiger partial charge in [-0.1, -0.05) is 26.2 Å². The Morgan fingerprint density at radius 1 is 1.55 bits per heavy atom. The van der Waals surface area contributed by atoms with Crippen LogP contribution in [0.2, 0.25) is 0 Å². The molecule has 0 spiro atoms. The van der Waals surface area contributed by atoms with Crippen molar-refractivity contribution in [3.8, 4) is 0 Å². The minimum absolute atomic E-state index is 0.566. The second-order valence-corrected chi connectivity index (χ2v) is 3.18. The van der Waals surface area contributed by atoms with E-state index in [2.05, 4.69) is 6.92 Å². The molecule has 0 radical (unpaired) electrons. The first-order chi connectivity index (χ1) is 5.00. The number of carboxylic acid groups (broad SMARTS) is 1. The quantitative estimate of drug-likeness (QED) is 0.595. The van der Waals surface area contributed by atoms with Crippen LogP contribution < -0.4 is 5.73 Å². The molecule has 3 heteroatoms. The van der Waals surface area contributed by atoms with Crippen molar-refractivity contribution in [2.45, 2.75) is 45.1 Å². The van der Waals surface area contributed by atoms with Gasteiger partial charge >= 0.3 is 5.97 Å².